The number of piperidine rings is 2. The highest BCUT2D eigenvalue weighted by molar-refractivity contribution is 5.97. The third-order valence-electron chi connectivity index (χ3n) is 6.34. The van der Waals surface area contributed by atoms with E-state index >= 15 is 0 Å². The lowest BCUT2D eigenvalue weighted by Crippen LogP contribution is -2.77. The van der Waals surface area contributed by atoms with Crippen LogP contribution in [0.15, 0.2) is 48.5 Å². The molecule has 2 aromatic rings. The number of phenolic OH excluding ortho intramolecular Hbond substituents is 2. The Morgan fingerprint density at radius 1 is 0.962 bits per heavy atom. The van der Waals surface area contributed by atoms with Gasteiger partial charge >= 0.3 is 0 Å². The third kappa shape index (κ3) is 1.95. The zero-order valence-electron chi connectivity index (χ0n) is 14.7. The summed E-state index contributed by atoms with van der Waals surface area (Å²) in [7, 11) is 0. The van der Waals surface area contributed by atoms with E-state index in [-0.39, 0.29) is 17.7 Å². The molecule has 2 unspecified atom stereocenters. The largest absolute Gasteiger partial charge is 0.508 e. The quantitative estimate of drug-likeness (QED) is 0.870. The van der Waals surface area contributed by atoms with Gasteiger partial charge < -0.3 is 10.2 Å². The second-order valence-corrected chi connectivity index (χ2v) is 8.26. The van der Waals surface area contributed by atoms with Crippen molar-refractivity contribution in [2.24, 2.45) is 5.41 Å². The van der Waals surface area contributed by atoms with E-state index in [1.807, 2.05) is 18.2 Å². The molecule has 2 N–H and O–H groups in total. The minimum absolute atomic E-state index is 0.0583. The lowest BCUT2D eigenvalue weighted by atomic mass is 9.58. The van der Waals surface area contributed by atoms with E-state index in [9.17, 15) is 15.0 Å². The standard InChI is InChI=1S/C21H22N2O3/c1-20-10-22-12-21(19(20)26,14-5-3-2-4-6-14)13-23(11-20)18(22)16-8-7-15(24)9-17(16)25/h2-9,18,24-25H,10-13H2,1H3. The van der Waals surface area contributed by atoms with E-state index in [0.717, 1.165) is 11.1 Å². The molecule has 0 radical (unpaired) electrons. The summed E-state index contributed by atoms with van der Waals surface area (Å²) in [6, 6.07) is 14.9. The van der Waals surface area contributed by atoms with E-state index in [0.29, 0.717) is 32.0 Å². The van der Waals surface area contributed by atoms with Crippen LogP contribution in [0.2, 0.25) is 0 Å². The highest BCUT2D eigenvalue weighted by Crippen LogP contribution is 2.54. The van der Waals surface area contributed by atoms with Crippen LogP contribution in [0.1, 0.15) is 24.2 Å². The Morgan fingerprint density at radius 3 is 2.23 bits per heavy atom. The molecular weight excluding hydrogens is 328 g/mol. The van der Waals surface area contributed by atoms with Gasteiger partial charge in [-0.25, -0.2) is 0 Å². The molecule has 6 rings (SSSR count). The molecule has 2 atom stereocenters. The Balaban J connectivity index is 1.61. The summed E-state index contributed by atoms with van der Waals surface area (Å²) in [5.41, 5.74) is 0.977. The fraction of sp³-hybridized carbons (Fsp3) is 0.381. The lowest BCUT2D eigenvalue weighted by molar-refractivity contribution is -0.186. The molecule has 0 aliphatic carbocycles. The van der Waals surface area contributed by atoms with Crippen LogP contribution >= 0.6 is 0 Å². The number of hydrogen-bond donors (Lipinski definition) is 2. The normalized spacial score (nSPS) is 37.9. The average molecular weight is 350 g/mol. The van der Waals surface area contributed by atoms with Gasteiger partial charge in [0, 0.05) is 37.8 Å². The predicted octanol–water partition coefficient (Wildman–Crippen LogP) is 2.25. The van der Waals surface area contributed by atoms with Crippen molar-refractivity contribution in [3.05, 3.63) is 59.7 Å². The van der Waals surface area contributed by atoms with E-state index in [1.54, 1.807) is 12.1 Å². The first-order chi connectivity index (χ1) is 12.4. The Bertz CT molecular complexity index is 879. The van der Waals surface area contributed by atoms with Crippen LogP contribution in [0.25, 0.3) is 0 Å². The van der Waals surface area contributed by atoms with Crippen LogP contribution in [-0.2, 0) is 10.2 Å². The van der Waals surface area contributed by atoms with E-state index in [1.165, 1.54) is 6.07 Å². The van der Waals surface area contributed by atoms with Crippen molar-refractivity contribution >= 4 is 5.78 Å². The van der Waals surface area contributed by atoms with Gasteiger partial charge in [0.15, 0.2) is 5.78 Å². The monoisotopic (exact) mass is 350 g/mol. The van der Waals surface area contributed by atoms with Gasteiger partial charge in [-0.1, -0.05) is 37.3 Å². The van der Waals surface area contributed by atoms with Crippen LogP contribution in [-0.4, -0.2) is 52.0 Å². The molecule has 5 heteroatoms. The molecule has 4 aliphatic rings. The number of hydrogen-bond acceptors (Lipinski definition) is 5. The molecule has 134 valence electrons. The molecule has 5 nitrogen and oxygen atoms in total. The highest BCUT2D eigenvalue weighted by atomic mass is 16.3. The van der Waals surface area contributed by atoms with Crippen molar-refractivity contribution < 1.29 is 15.0 Å². The summed E-state index contributed by atoms with van der Waals surface area (Å²) >= 11 is 0. The Labute approximate surface area is 152 Å². The van der Waals surface area contributed by atoms with Gasteiger partial charge in [0.25, 0.3) is 0 Å². The average Bonchev–Trinajstić information content (AvgIpc) is 2.60. The van der Waals surface area contributed by atoms with Crippen molar-refractivity contribution in [3.63, 3.8) is 0 Å². The van der Waals surface area contributed by atoms with Gasteiger partial charge in [0.1, 0.15) is 11.5 Å². The number of ketones is 1. The smallest absolute Gasteiger partial charge is 0.154 e. The number of carbonyl (C=O) groups is 1. The number of aromatic hydroxyl groups is 2. The fourth-order valence-electron chi connectivity index (χ4n) is 5.46. The van der Waals surface area contributed by atoms with Gasteiger partial charge in [-0.2, -0.15) is 0 Å². The molecule has 4 aliphatic heterocycles. The van der Waals surface area contributed by atoms with Crippen LogP contribution in [0, 0.1) is 5.41 Å². The van der Waals surface area contributed by atoms with Crippen molar-refractivity contribution in [2.75, 3.05) is 26.2 Å². The van der Waals surface area contributed by atoms with Crippen LogP contribution < -0.4 is 0 Å². The molecule has 2 aromatic carbocycles. The minimum Gasteiger partial charge on any atom is -0.508 e. The van der Waals surface area contributed by atoms with Crippen LogP contribution in [0.4, 0.5) is 0 Å². The zero-order chi connectivity index (χ0) is 18.1. The number of Topliss-reactive ketones (excluding diaryl/α,β-unsaturated/α-hetero) is 1. The summed E-state index contributed by atoms with van der Waals surface area (Å²) < 4.78 is 0. The summed E-state index contributed by atoms with van der Waals surface area (Å²) in [5, 5.41) is 20.0. The number of nitrogens with zero attached hydrogens (tertiary/aromatic N) is 2. The zero-order valence-corrected chi connectivity index (χ0v) is 14.7. The number of phenols is 2. The second kappa shape index (κ2) is 5.09. The first kappa shape index (κ1) is 15.9. The van der Waals surface area contributed by atoms with Crippen LogP contribution in [0.5, 0.6) is 11.5 Å². The minimum atomic E-state index is -0.504. The van der Waals surface area contributed by atoms with E-state index in [4.69, 9.17) is 0 Å². The number of benzene rings is 2. The van der Waals surface area contributed by atoms with E-state index in [2.05, 4.69) is 28.9 Å². The molecule has 0 spiro atoms. The lowest BCUT2D eigenvalue weighted by Gasteiger charge is -2.65. The van der Waals surface area contributed by atoms with Gasteiger partial charge in [-0.3, -0.25) is 14.6 Å². The Kier molecular flexibility index (Phi) is 3.10. The molecule has 4 bridgehead atoms. The molecule has 26 heavy (non-hydrogen) atoms. The second-order valence-electron chi connectivity index (χ2n) is 8.26. The maximum Gasteiger partial charge on any atom is 0.154 e. The molecule has 4 heterocycles. The van der Waals surface area contributed by atoms with Crippen molar-refractivity contribution in [3.8, 4) is 11.5 Å². The summed E-state index contributed by atoms with van der Waals surface area (Å²) in [6.07, 6.45) is -0.0615. The maximum atomic E-state index is 13.4. The maximum absolute atomic E-state index is 13.4. The Hall–Kier alpha value is -2.37. The van der Waals surface area contributed by atoms with Crippen molar-refractivity contribution in [2.45, 2.75) is 18.5 Å². The highest BCUT2D eigenvalue weighted by Gasteiger charge is 2.64. The molecule has 0 aromatic heterocycles. The van der Waals surface area contributed by atoms with Crippen molar-refractivity contribution in [1.29, 1.82) is 0 Å². The van der Waals surface area contributed by atoms with Crippen LogP contribution in [0.3, 0.4) is 0 Å². The fourth-order valence-corrected chi connectivity index (χ4v) is 5.46. The number of carbonyl (C=O) groups excluding carboxylic acids is 1. The van der Waals surface area contributed by atoms with Gasteiger partial charge in [-0.15, -0.1) is 0 Å². The summed E-state index contributed by atoms with van der Waals surface area (Å²) in [5.74, 6) is 0.507. The Morgan fingerprint density at radius 2 is 1.62 bits per heavy atom. The summed E-state index contributed by atoms with van der Waals surface area (Å²) in [6.45, 7) is 4.78. The van der Waals surface area contributed by atoms with E-state index < -0.39 is 10.8 Å². The molecule has 4 fully saturated rings. The predicted molar refractivity (Wildman–Crippen MR) is 96.9 cm³/mol. The third-order valence-corrected chi connectivity index (χ3v) is 6.34. The SMILES string of the molecule is CC12CN3CC(c4ccccc4)(CN(C1)C3c1ccc(O)cc1O)C2=O. The molecular formula is C21H22N2O3. The number of rotatable bonds is 2. The molecule has 0 amide bonds. The molecule has 0 saturated carbocycles. The van der Waals surface area contributed by atoms with Crippen molar-refractivity contribution in [1.82, 2.24) is 9.80 Å². The van der Waals surface area contributed by atoms with Gasteiger partial charge in [-0.05, 0) is 17.7 Å². The topological polar surface area (TPSA) is 64.0 Å². The first-order valence-corrected chi connectivity index (χ1v) is 9.03. The summed E-state index contributed by atoms with van der Waals surface area (Å²) in [4.78, 5) is 18.1. The first-order valence-electron chi connectivity index (χ1n) is 9.03. The molecule has 4 saturated heterocycles. The van der Waals surface area contributed by atoms with Gasteiger partial charge in [0.05, 0.1) is 17.0 Å². The van der Waals surface area contributed by atoms with Gasteiger partial charge in [0.2, 0.25) is 0 Å².